The summed E-state index contributed by atoms with van der Waals surface area (Å²) in [7, 11) is 1.20. The molecular formula is C11H21NO3. The maximum absolute atomic E-state index is 10.9. The number of methoxy groups -OCH3 is 1. The molecule has 0 aliphatic rings. The molecule has 0 aliphatic carbocycles. The van der Waals surface area contributed by atoms with E-state index < -0.39 is 11.9 Å². The van der Waals surface area contributed by atoms with Crippen molar-refractivity contribution in [3.63, 3.8) is 0 Å². The zero-order valence-electron chi connectivity index (χ0n) is 9.67. The van der Waals surface area contributed by atoms with Crippen LogP contribution in [0, 0.1) is 0 Å². The highest BCUT2D eigenvalue weighted by Gasteiger charge is 2.11. The summed E-state index contributed by atoms with van der Waals surface area (Å²) in [6, 6.07) is 0. The lowest BCUT2D eigenvalue weighted by molar-refractivity contribution is -0.152. The van der Waals surface area contributed by atoms with E-state index in [0.29, 0.717) is 6.54 Å². The Balaban J connectivity index is 3.24. The van der Waals surface area contributed by atoms with Crippen molar-refractivity contribution in [2.24, 2.45) is 0 Å². The van der Waals surface area contributed by atoms with Crippen LogP contribution in [0.2, 0.25) is 0 Å². The molecular weight excluding hydrogens is 194 g/mol. The van der Waals surface area contributed by atoms with Gasteiger partial charge in [0.2, 0.25) is 0 Å². The molecule has 0 aliphatic heterocycles. The van der Waals surface area contributed by atoms with Gasteiger partial charge in [0.1, 0.15) is 0 Å². The summed E-state index contributed by atoms with van der Waals surface area (Å²) < 4.78 is 4.27. The zero-order chi connectivity index (χ0) is 11.5. The highest BCUT2D eigenvalue weighted by Crippen LogP contribution is 2.03. The molecule has 1 N–H and O–H groups in total. The van der Waals surface area contributed by atoms with Gasteiger partial charge in [-0.05, 0) is 6.42 Å². The van der Waals surface area contributed by atoms with Crippen LogP contribution in [0.4, 0.5) is 0 Å². The maximum Gasteiger partial charge on any atom is 0.396 e. The Hall–Kier alpha value is -1.06. The zero-order valence-corrected chi connectivity index (χ0v) is 9.67. The van der Waals surface area contributed by atoms with Crippen LogP contribution in [-0.2, 0) is 14.3 Å². The van der Waals surface area contributed by atoms with Crippen molar-refractivity contribution < 1.29 is 14.3 Å². The second-order valence-corrected chi connectivity index (χ2v) is 3.52. The minimum absolute atomic E-state index is 0.556. The molecule has 88 valence electrons. The molecule has 0 radical (unpaired) electrons. The number of amides is 1. The lowest BCUT2D eigenvalue weighted by Gasteiger charge is -2.03. The van der Waals surface area contributed by atoms with Gasteiger partial charge in [-0.2, -0.15) is 0 Å². The van der Waals surface area contributed by atoms with Crippen molar-refractivity contribution in [1.29, 1.82) is 0 Å². The van der Waals surface area contributed by atoms with Crippen LogP contribution < -0.4 is 5.32 Å². The molecule has 1 amide bonds. The van der Waals surface area contributed by atoms with Crippen molar-refractivity contribution in [3.8, 4) is 0 Å². The second kappa shape index (κ2) is 9.49. The first-order valence-electron chi connectivity index (χ1n) is 5.58. The van der Waals surface area contributed by atoms with Gasteiger partial charge in [0, 0.05) is 6.54 Å². The highest BCUT2D eigenvalue weighted by molar-refractivity contribution is 6.32. The van der Waals surface area contributed by atoms with E-state index in [9.17, 15) is 9.59 Å². The molecule has 0 spiro atoms. The Kier molecular flexibility index (Phi) is 8.82. The number of rotatable bonds is 7. The molecule has 0 aromatic carbocycles. The average molecular weight is 215 g/mol. The van der Waals surface area contributed by atoms with Gasteiger partial charge in [0.05, 0.1) is 7.11 Å². The summed E-state index contributed by atoms with van der Waals surface area (Å²) in [5, 5.41) is 2.51. The van der Waals surface area contributed by atoms with Gasteiger partial charge in [-0.3, -0.25) is 4.79 Å². The van der Waals surface area contributed by atoms with Gasteiger partial charge < -0.3 is 10.1 Å². The van der Waals surface area contributed by atoms with Crippen molar-refractivity contribution in [3.05, 3.63) is 0 Å². The third kappa shape index (κ3) is 7.97. The molecule has 0 bridgehead atoms. The van der Waals surface area contributed by atoms with Crippen LogP contribution in [0.15, 0.2) is 0 Å². The van der Waals surface area contributed by atoms with E-state index >= 15 is 0 Å². The highest BCUT2D eigenvalue weighted by atomic mass is 16.5. The molecule has 0 aromatic heterocycles. The fourth-order valence-corrected chi connectivity index (χ4v) is 1.27. The number of unbranched alkanes of at least 4 members (excludes halogenated alkanes) is 5. The third-order valence-electron chi connectivity index (χ3n) is 2.19. The monoisotopic (exact) mass is 215 g/mol. The topological polar surface area (TPSA) is 55.4 Å². The Bertz CT molecular complexity index is 192. The van der Waals surface area contributed by atoms with Crippen LogP contribution in [0.1, 0.15) is 45.4 Å². The number of esters is 1. The van der Waals surface area contributed by atoms with Gasteiger partial charge in [0.25, 0.3) is 0 Å². The lowest BCUT2D eigenvalue weighted by Crippen LogP contribution is -2.32. The number of hydrogen-bond donors (Lipinski definition) is 1. The van der Waals surface area contributed by atoms with Gasteiger partial charge in [-0.15, -0.1) is 0 Å². The summed E-state index contributed by atoms with van der Waals surface area (Å²) in [4.78, 5) is 21.6. The first-order chi connectivity index (χ1) is 7.22. The van der Waals surface area contributed by atoms with E-state index in [-0.39, 0.29) is 0 Å². The van der Waals surface area contributed by atoms with Crippen LogP contribution in [-0.4, -0.2) is 25.5 Å². The minimum Gasteiger partial charge on any atom is -0.462 e. The number of hydrogen-bond acceptors (Lipinski definition) is 3. The Morgan fingerprint density at radius 2 is 1.67 bits per heavy atom. The van der Waals surface area contributed by atoms with Crippen molar-refractivity contribution in [2.45, 2.75) is 45.4 Å². The smallest absolute Gasteiger partial charge is 0.396 e. The Morgan fingerprint density at radius 1 is 1.07 bits per heavy atom. The number of nitrogens with one attached hydrogen (secondary N) is 1. The Morgan fingerprint density at radius 3 is 2.27 bits per heavy atom. The normalized spacial score (nSPS) is 9.73. The van der Waals surface area contributed by atoms with Crippen LogP contribution in [0.3, 0.4) is 0 Å². The summed E-state index contributed by atoms with van der Waals surface area (Å²) >= 11 is 0. The second-order valence-electron chi connectivity index (χ2n) is 3.52. The fraction of sp³-hybridized carbons (Fsp3) is 0.818. The molecule has 0 fully saturated rings. The molecule has 0 aromatic rings. The van der Waals surface area contributed by atoms with Gasteiger partial charge in [-0.25, -0.2) is 4.79 Å². The number of carbonyl (C=O) groups is 2. The first kappa shape index (κ1) is 13.9. The summed E-state index contributed by atoms with van der Waals surface area (Å²) in [6.07, 6.45) is 6.98. The molecule has 15 heavy (non-hydrogen) atoms. The molecule has 0 saturated carbocycles. The van der Waals surface area contributed by atoms with Gasteiger partial charge in [-0.1, -0.05) is 39.0 Å². The standard InChI is InChI=1S/C11H21NO3/c1-3-4-5-6-7-8-9-12-10(13)11(14)15-2/h3-9H2,1-2H3,(H,12,13). The third-order valence-corrected chi connectivity index (χ3v) is 2.19. The summed E-state index contributed by atoms with van der Waals surface area (Å²) in [6.45, 7) is 2.73. The molecule has 4 heteroatoms. The van der Waals surface area contributed by atoms with Crippen molar-refractivity contribution in [2.75, 3.05) is 13.7 Å². The minimum atomic E-state index is -0.819. The fourth-order valence-electron chi connectivity index (χ4n) is 1.27. The van der Waals surface area contributed by atoms with Gasteiger partial charge in [0.15, 0.2) is 0 Å². The molecule has 0 atom stereocenters. The summed E-state index contributed by atoms with van der Waals surface area (Å²) in [5.74, 6) is -1.47. The molecule has 0 unspecified atom stereocenters. The first-order valence-corrected chi connectivity index (χ1v) is 5.58. The maximum atomic E-state index is 10.9. The quantitative estimate of drug-likeness (QED) is 0.399. The largest absolute Gasteiger partial charge is 0.462 e. The van der Waals surface area contributed by atoms with E-state index in [1.165, 1.54) is 32.8 Å². The van der Waals surface area contributed by atoms with E-state index in [0.717, 1.165) is 12.8 Å². The predicted octanol–water partition coefficient (Wildman–Crippen LogP) is 1.64. The van der Waals surface area contributed by atoms with Crippen molar-refractivity contribution >= 4 is 11.9 Å². The van der Waals surface area contributed by atoms with E-state index in [4.69, 9.17) is 0 Å². The van der Waals surface area contributed by atoms with E-state index in [2.05, 4.69) is 17.0 Å². The van der Waals surface area contributed by atoms with Gasteiger partial charge >= 0.3 is 11.9 Å². The van der Waals surface area contributed by atoms with Crippen LogP contribution in [0.5, 0.6) is 0 Å². The van der Waals surface area contributed by atoms with Crippen LogP contribution >= 0.6 is 0 Å². The molecule has 0 saturated heterocycles. The lowest BCUT2D eigenvalue weighted by atomic mass is 10.1. The number of ether oxygens (including phenoxy) is 1. The van der Waals surface area contributed by atoms with Crippen LogP contribution in [0.25, 0.3) is 0 Å². The average Bonchev–Trinajstić information content (AvgIpc) is 2.26. The van der Waals surface area contributed by atoms with E-state index in [1.807, 2.05) is 0 Å². The molecule has 0 rings (SSSR count). The van der Waals surface area contributed by atoms with E-state index in [1.54, 1.807) is 0 Å². The molecule has 0 heterocycles. The molecule has 4 nitrogen and oxygen atoms in total. The summed E-state index contributed by atoms with van der Waals surface area (Å²) in [5.41, 5.74) is 0. The Labute approximate surface area is 91.4 Å². The number of carbonyl (C=O) groups excluding carboxylic acids is 2. The predicted molar refractivity (Wildman–Crippen MR) is 58.4 cm³/mol. The van der Waals surface area contributed by atoms with Crippen molar-refractivity contribution in [1.82, 2.24) is 5.32 Å². The SMILES string of the molecule is CCCCCCCCNC(=O)C(=O)OC.